The summed E-state index contributed by atoms with van der Waals surface area (Å²) in [6.07, 6.45) is -1.61. The van der Waals surface area contributed by atoms with Gasteiger partial charge in [0.2, 0.25) is 0 Å². The fourth-order valence-corrected chi connectivity index (χ4v) is 7.14. The van der Waals surface area contributed by atoms with Gasteiger partial charge in [-0.05, 0) is 59.2 Å². The molecule has 1 saturated heterocycles. The molecule has 6 rings (SSSR count). The monoisotopic (exact) mass is 719 g/mol. The number of methoxy groups -OCH3 is 2. The number of phosphoric ester groups is 1. The van der Waals surface area contributed by atoms with Gasteiger partial charge in [-0.15, -0.1) is 0 Å². The minimum Gasteiger partial charge on any atom is -0.497 e. The van der Waals surface area contributed by atoms with Crippen LogP contribution in [0.3, 0.4) is 0 Å². The van der Waals surface area contributed by atoms with Crippen LogP contribution < -0.4 is 25.4 Å². The summed E-state index contributed by atoms with van der Waals surface area (Å²) in [6, 6.07) is 32.2. The number of anilines is 1. The topological polar surface area (TPSA) is 154 Å². The Hall–Kier alpha value is -4.68. The number of nitrogens with two attached hydrogens (primary N) is 1. The average molecular weight is 720 g/mol. The lowest BCUT2D eigenvalue weighted by molar-refractivity contribution is -0.0932. The number of hydrogen-bond donors (Lipinski definition) is 2. The van der Waals surface area contributed by atoms with E-state index in [1.807, 2.05) is 78.9 Å². The molecule has 0 amide bonds. The van der Waals surface area contributed by atoms with Crippen molar-refractivity contribution >= 4 is 25.2 Å². The van der Waals surface area contributed by atoms with Gasteiger partial charge in [-0.25, -0.2) is 9.36 Å². The van der Waals surface area contributed by atoms with E-state index in [9.17, 15) is 14.3 Å². The number of aromatic nitrogens is 2. The highest BCUT2D eigenvalue weighted by Gasteiger charge is 2.45. The third kappa shape index (κ3) is 7.56. The lowest BCUT2D eigenvalue weighted by Crippen LogP contribution is -2.38. The van der Waals surface area contributed by atoms with Gasteiger partial charge in [0.1, 0.15) is 47.1 Å². The zero-order chi connectivity index (χ0) is 35.3. The Bertz CT molecular complexity index is 1970. The van der Waals surface area contributed by atoms with Crippen LogP contribution in [0.1, 0.15) is 29.3 Å². The molecule has 260 valence electrons. The van der Waals surface area contributed by atoms with Crippen LogP contribution in [0.15, 0.2) is 120 Å². The second kappa shape index (κ2) is 15.1. The Morgan fingerprint density at radius 3 is 2.06 bits per heavy atom. The predicted molar refractivity (Wildman–Crippen MR) is 186 cm³/mol. The highest BCUT2D eigenvalue weighted by Crippen LogP contribution is 2.50. The van der Waals surface area contributed by atoms with E-state index in [1.54, 1.807) is 26.4 Å². The molecule has 4 aromatic carbocycles. The normalized spacial score (nSPS) is 18.7. The molecule has 50 heavy (non-hydrogen) atoms. The van der Waals surface area contributed by atoms with Crippen LogP contribution >= 0.6 is 19.4 Å². The van der Waals surface area contributed by atoms with Gasteiger partial charge < -0.3 is 29.2 Å². The van der Waals surface area contributed by atoms with Gasteiger partial charge in [0, 0.05) is 12.6 Å². The SMILES string of the molecule is COc1ccc(C(OC[C@H]2O[C@@H](n3ccc(N)nc3=O)C[C@@H]2OP(=O)(O)Oc2ccccc2Cl)(c2ccccc2)c2ccc(OC)cc2)cc1. The van der Waals surface area contributed by atoms with E-state index < -0.39 is 37.5 Å². The van der Waals surface area contributed by atoms with Gasteiger partial charge in [0.05, 0.1) is 25.8 Å². The highest BCUT2D eigenvalue weighted by molar-refractivity contribution is 7.47. The van der Waals surface area contributed by atoms with Crippen LogP contribution in [-0.4, -0.2) is 47.5 Å². The van der Waals surface area contributed by atoms with Crippen molar-refractivity contribution in [1.82, 2.24) is 9.55 Å². The van der Waals surface area contributed by atoms with Gasteiger partial charge in [-0.3, -0.25) is 14.0 Å². The number of rotatable bonds is 13. The van der Waals surface area contributed by atoms with Crippen molar-refractivity contribution in [2.75, 3.05) is 26.6 Å². The van der Waals surface area contributed by atoms with Crippen molar-refractivity contribution < 1.29 is 37.5 Å². The van der Waals surface area contributed by atoms with Crippen LogP contribution in [0.4, 0.5) is 5.82 Å². The summed E-state index contributed by atoms with van der Waals surface area (Å²) in [5.41, 5.74) is 6.14. The Balaban J connectivity index is 1.40. The first-order valence-electron chi connectivity index (χ1n) is 15.6. The summed E-state index contributed by atoms with van der Waals surface area (Å²) in [4.78, 5) is 27.6. The maximum atomic E-state index is 13.4. The van der Waals surface area contributed by atoms with E-state index in [2.05, 4.69) is 4.98 Å². The van der Waals surface area contributed by atoms with Crippen molar-refractivity contribution in [3.8, 4) is 17.2 Å². The third-order valence-corrected chi connectivity index (χ3v) is 9.58. The van der Waals surface area contributed by atoms with Crippen molar-refractivity contribution in [2.24, 2.45) is 0 Å². The Labute approximate surface area is 293 Å². The lowest BCUT2D eigenvalue weighted by atomic mass is 9.80. The molecule has 0 bridgehead atoms. The number of hydrogen-bond acceptors (Lipinski definition) is 10. The average Bonchev–Trinajstić information content (AvgIpc) is 3.51. The zero-order valence-corrected chi connectivity index (χ0v) is 28.8. The smallest absolute Gasteiger partial charge is 0.497 e. The Morgan fingerprint density at radius 2 is 1.48 bits per heavy atom. The van der Waals surface area contributed by atoms with E-state index in [4.69, 9.17) is 45.3 Å². The molecule has 1 aromatic heterocycles. The van der Waals surface area contributed by atoms with Crippen molar-refractivity contribution in [1.29, 1.82) is 0 Å². The third-order valence-electron chi connectivity index (χ3n) is 8.30. The molecule has 14 heteroatoms. The predicted octanol–water partition coefficient (Wildman–Crippen LogP) is 6.36. The molecule has 0 aliphatic carbocycles. The second-order valence-electron chi connectivity index (χ2n) is 11.4. The van der Waals surface area contributed by atoms with Crippen molar-refractivity contribution in [2.45, 2.75) is 30.5 Å². The molecular weight excluding hydrogens is 685 g/mol. The minimum absolute atomic E-state index is 0.0284. The summed E-state index contributed by atoms with van der Waals surface area (Å²) < 4.78 is 50.0. The number of halogens is 1. The first-order chi connectivity index (χ1) is 24.1. The minimum atomic E-state index is -4.79. The Morgan fingerprint density at radius 1 is 0.900 bits per heavy atom. The summed E-state index contributed by atoms with van der Waals surface area (Å²) in [5, 5.41) is 0.122. The molecule has 0 saturated carbocycles. The number of para-hydroxylation sites is 1. The summed E-state index contributed by atoms with van der Waals surface area (Å²) in [7, 11) is -1.62. The maximum Gasteiger partial charge on any atom is 0.527 e. The molecule has 3 N–H and O–H groups in total. The van der Waals surface area contributed by atoms with E-state index in [0.717, 1.165) is 16.7 Å². The van der Waals surface area contributed by atoms with Crippen molar-refractivity contribution in [3.63, 3.8) is 0 Å². The molecule has 5 aromatic rings. The number of benzene rings is 4. The number of ether oxygens (including phenoxy) is 4. The summed E-state index contributed by atoms with van der Waals surface area (Å²) in [6.45, 7) is -0.169. The number of nitrogens with zero attached hydrogens (tertiary/aromatic N) is 2. The van der Waals surface area contributed by atoms with Gasteiger partial charge >= 0.3 is 13.5 Å². The first kappa shape index (κ1) is 35.2. The molecule has 0 spiro atoms. The molecule has 4 atom stereocenters. The van der Waals surface area contributed by atoms with Gasteiger partial charge in [0.25, 0.3) is 0 Å². The van der Waals surface area contributed by atoms with Gasteiger partial charge in [-0.2, -0.15) is 4.98 Å². The molecule has 1 aliphatic rings. The van der Waals surface area contributed by atoms with Crippen LogP contribution in [0.5, 0.6) is 17.2 Å². The molecule has 2 heterocycles. The number of phosphoric acid groups is 1. The fraction of sp³-hybridized carbons (Fsp3) is 0.222. The van der Waals surface area contributed by atoms with Gasteiger partial charge in [-0.1, -0.05) is 78.3 Å². The molecule has 1 unspecified atom stereocenters. The van der Waals surface area contributed by atoms with Crippen LogP contribution in [0.25, 0.3) is 0 Å². The largest absolute Gasteiger partial charge is 0.527 e. The summed E-state index contributed by atoms with van der Waals surface area (Å²) in [5.74, 6) is 1.31. The first-order valence-corrected chi connectivity index (χ1v) is 17.4. The van der Waals surface area contributed by atoms with E-state index in [0.29, 0.717) is 11.5 Å². The molecule has 1 fully saturated rings. The highest BCUT2D eigenvalue weighted by atomic mass is 35.5. The van der Waals surface area contributed by atoms with Gasteiger partial charge in [0.15, 0.2) is 0 Å². The molecule has 12 nitrogen and oxygen atoms in total. The zero-order valence-electron chi connectivity index (χ0n) is 27.1. The lowest BCUT2D eigenvalue weighted by Gasteiger charge is -2.37. The van der Waals surface area contributed by atoms with E-state index in [1.165, 1.54) is 29.0 Å². The Kier molecular flexibility index (Phi) is 10.6. The fourth-order valence-electron chi connectivity index (χ4n) is 5.89. The van der Waals surface area contributed by atoms with E-state index in [-0.39, 0.29) is 29.6 Å². The van der Waals surface area contributed by atoms with Crippen LogP contribution in [0, 0.1) is 0 Å². The van der Waals surface area contributed by atoms with Crippen molar-refractivity contribution in [3.05, 3.63) is 148 Å². The quantitative estimate of drug-likeness (QED) is 0.103. The molecule has 0 radical (unpaired) electrons. The van der Waals surface area contributed by atoms with E-state index >= 15 is 0 Å². The second-order valence-corrected chi connectivity index (χ2v) is 13.1. The van der Waals surface area contributed by atoms with Crippen LogP contribution in [0.2, 0.25) is 5.02 Å². The standard InChI is InChI=1S/C36H35ClN3O9P/c1-44-27-16-12-25(13-17-27)36(24-8-4-3-5-9-24,26-14-18-28(45-2)19-15-26)46-23-32-31(22-34(47-32)40-21-20-33(38)39-35(40)41)49-50(42,43)48-30-11-7-6-10-29(30)37/h3-21,31-32,34H,22-23H2,1-2H3,(H,42,43)(H2,38,39,41)/t31-,32+,34+/m0/s1. The molecular formula is C36H35ClN3O9P. The summed E-state index contributed by atoms with van der Waals surface area (Å²) >= 11 is 6.19. The van der Waals surface area contributed by atoms with Crippen LogP contribution in [-0.2, 0) is 24.2 Å². The molecule has 1 aliphatic heterocycles. The maximum absolute atomic E-state index is 13.4. The number of nitrogen functional groups attached to an aromatic ring is 1.